The molecule has 9 heteroatoms. The fraction of sp³-hybridized carbons (Fsp3) is 0.471. The average Bonchev–Trinajstić information content (AvgIpc) is 2.72. The summed E-state index contributed by atoms with van der Waals surface area (Å²) >= 11 is 0. The van der Waals surface area contributed by atoms with Crippen molar-refractivity contribution in [3.8, 4) is 0 Å². The van der Waals surface area contributed by atoms with Crippen LogP contribution >= 0.6 is 0 Å². The zero-order chi connectivity index (χ0) is 19.5. The Morgan fingerprint density at radius 3 is 2.19 bits per heavy atom. The minimum Gasteiger partial charge on any atom is -0.369 e. The van der Waals surface area contributed by atoms with Crippen LogP contribution in [0.15, 0.2) is 23.0 Å². The van der Waals surface area contributed by atoms with Crippen LogP contribution in [-0.4, -0.2) is 22.0 Å². The maximum Gasteiger partial charge on any atom is 0.430 e. The smallest absolute Gasteiger partial charge is 0.369 e. The lowest BCUT2D eigenvalue weighted by atomic mass is 9.88. The summed E-state index contributed by atoms with van der Waals surface area (Å²) in [5, 5.41) is 9.82. The molecular weight excluding hydrogens is 364 g/mol. The van der Waals surface area contributed by atoms with Crippen LogP contribution < -0.4 is 5.56 Å². The van der Waals surface area contributed by atoms with E-state index < -0.39 is 23.5 Å². The first kappa shape index (κ1) is 18.8. The summed E-state index contributed by atoms with van der Waals surface area (Å²) in [5.74, 6) is 0. The Morgan fingerprint density at radius 1 is 1.00 bits per heavy atom. The molecule has 0 amide bonds. The van der Waals surface area contributed by atoms with Gasteiger partial charge >= 0.3 is 12.4 Å². The van der Waals surface area contributed by atoms with Gasteiger partial charge in [-0.1, -0.05) is 6.07 Å². The third-order valence-corrected chi connectivity index (χ3v) is 4.81. The number of pyridine rings is 1. The van der Waals surface area contributed by atoms with Gasteiger partial charge in [0.2, 0.25) is 0 Å². The van der Waals surface area contributed by atoms with Gasteiger partial charge in [-0.25, -0.2) is 0 Å². The molecule has 0 bridgehead atoms. The Balaban J connectivity index is 2.43. The summed E-state index contributed by atoms with van der Waals surface area (Å²) in [6.07, 6.45) is -10.6. The number of alkyl halides is 6. The Kier molecular flexibility index (Phi) is 4.14. The van der Waals surface area contributed by atoms with E-state index in [0.717, 1.165) is 6.07 Å². The van der Waals surface area contributed by atoms with E-state index in [9.17, 15) is 36.2 Å². The third kappa shape index (κ3) is 2.60. The summed E-state index contributed by atoms with van der Waals surface area (Å²) in [5.41, 5.74) is -5.82. The average molecular weight is 379 g/mol. The lowest BCUT2D eigenvalue weighted by Crippen LogP contribution is -2.54. The number of aliphatic hydroxyl groups is 1. The van der Waals surface area contributed by atoms with Crippen molar-refractivity contribution in [1.29, 1.82) is 0 Å². The molecule has 1 aromatic carbocycles. The van der Waals surface area contributed by atoms with Crippen molar-refractivity contribution in [2.45, 2.75) is 50.7 Å². The Morgan fingerprint density at radius 2 is 1.62 bits per heavy atom. The second-order valence-electron chi connectivity index (χ2n) is 6.51. The summed E-state index contributed by atoms with van der Waals surface area (Å²) in [7, 11) is 0. The van der Waals surface area contributed by atoms with Gasteiger partial charge < -0.3 is 9.67 Å². The fourth-order valence-electron chi connectivity index (χ4n) is 3.46. The second kappa shape index (κ2) is 5.73. The molecule has 0 spiro atoms. The highest BCUT2D eigenvalue weighted by Gasteiger charge is 2.71. The number of benzene rings is 1. The van der Waals surface area contributed by atoms with Crippen molar-refractivity contribution in [2.24, 2.45) is 0 Å². The van der Waals surface area contributed by atoms with E-state index in [0.29, 0.717) is 31.0 Å². The zero-order valence-corrected chi connectivity index (χ0v) is 13.6. The molecule has 142 valence electrons. The number of hydrogen-bond donors (Lipinski definition) is 1. The molecule has 3 nitrogen and oxygen atoms in total. The highest BCUT2D eigenvalue weighted by molar-refractivity contribution is 5.86. The first-order chi connectivity index (χ1) is 11.9. The van der Waals surface area contributed by atoms with Gasteiger partial charge in [0.25, 0.3) is 11.2 Å². The molecular formula is C17H15F6NO2. The summed E-state index contributed by atoms with van der Waals surface area (Å²) in [4.78, 5) is 12.2. The van der Waals surface area contributed by atoms with E-state index in [-0.39, 0.29) is 28.5 Å². The Labute approximate surface area is 143 Å². The minimum absolute atomic E-state index is 0.103. The maximum atomic E-state index is 13.2. The molecule has 0 fully saturated rings. The third-order valence-electron chi connectivity index (χ3n) is 4.81. The number of aromatic nitrogens is 1. The lowest BCUT2D eigenvalue weighted by molar-refractivity contribution is -0.376. The van der Waals surface area contributed by atoms with Crippen molar-refractivity contribution in [1.82, 2.24) is 4.57 Å². The molecule has 26 heavy (non-hydrogen) atoms. The molecule has 2 heterocycles. The number of rotatable bonds is 1. The molecule has 3 rings (SSSR count). The maximum absolute atomic E-state index is 13.2. The molecule has 0 aliphatic carbocycles. The number of nitrogens with zero attached hydrogens (tertiary/aromatic N) is 1. The molecule has 0 saturated heterocycles. The Bertz CT molecular complexity index is 912. The van der Waals surface area contributed by atoms with E-state index in [4.69, 9.17) is 0 Å². The quantitative estimate of drug-likeness (QED) is 0.763. The molecule has 0 saturated carbocycles. The van der Waals surface area contributed by atoms with E-state index in [1.54, 1.807) is 0 Å². The predicted octanol–water partition coefficient (Wildman–Crippen LogP) is 3.96. The number of aryl methyl sites for hydroxylation is 3. The summed E-state index contributed by atoms with van der Waals surface area (Å²) in [6.45, 7) is 1.78. The normalized spacial score (nSPS) is 16.0. The highest BCUT2D eigenvalue weighted by Crippen LogP contribution is 2.51. The van der Waals surface area contributed by atoms with Crippen LogP contribution in [-0.2, 0) is 18.6 Å². The van der Waals surface area contributed by atoms with Gasteiger partial charge in [-0.2, -0.15) is 26.3 Å². The van der Waals surface area contributed by atoms with E-state index in [1.165, 1.54) is 17.6 Å². The van der Waals surface area contributed by atoms with Crippen molar-refractivity contribution >= 4 is 10.9 Å². The second-order valence-corrected chi connectivity index (χ2v) is 6.51. The fourth-order valence-corrected chi connectivity index (χ4v) is 3.46. The molecule has 1 aliphatic heterocycles. The van der Waals surface area contributed by atoms with Crippen molar-refractivity contribution < 1.29 is 31.4 Å². The SMILES string of the molecule is Cc1cc(=O)n2c3c(cc(C(O)(C(F)(F)F)C(F)(F)F)cc13)CCCC2. The van der Waals surface area contributed by atoms with Crippen molar-refractivity contribution in [3.05, 3.63) is 45.2 Å². The van der Waals surface area contributed by atoms with Crippen LogP contribution in [0, 0.1) is 6.92 Å². The van der Waals surface area contributed by atoms with Gasteiger partial charge in [0.1, 0.15) is 0 Å². The predicted molar refractivity (Wildman–Crippen MR) is 81.9 cm³/mol. The highest BCUT2D eigenvalue weighted by atomic mass is 19.4. The standard InChI is InChI=1S/C17H15F6NO2/c1-9-6-13(25)24-5-3-2-4-10-7-11(8-12(9)14(10)24)15(26,16(18,19)20)17(21,22)23/h6-8,26H,2-5H2,1H3. The monoisotopic (exact) mass is 379 g/mol. The number of halogens is 6. The van der Waals surface area contributed by atoms with Crippen molar-refractivity contribution in [2.75, 3.05) is 0 Å². The topological polar surface area (TPSA) is 42.2 Å². The molecule has 1 aromatic heterocycles. The van der Waals surface area contributed by atoms with Gasteiger partial charge in [-0.3, -0.25) is 4.79 Å². The van der Waals surface area contributed by atoms with Gasteiger partial charge in [-0.05, 0) is 43.4 Å². The van der Waals surface area contributed by atoms with Gasteiger partial charge in [-0.15, -0.1) is 0 Å². The summed E-state index contributed by atoms with van der Waals surface area (Å²) in [6, 6.07) is 2.60. The largest absolute Gasteiger partial charge is 0.430 e. The lowest BCUT2D eigenvalue weighted by Gasteiger charge is -2.33. The van der Waals surface area contributed by atoms with Crippen LogP contribution in [0.4, 0.5) is 26.3 Å². The first-order valence-corrected chi connectivity index (χ1v) is 7.91. The number of hydrogen-bond acceptors (Lipinski definition) is 2. The van der Waals surface area contributed by atoms with Crippen LogP contribution in [0.3, 0.4) is 0 Å². The van der Waals surface area contributed by atoms with E-state index >= 15 is 0 Å². The first-order valence-electron chi connectivity index (χ1n) is 7.91. The van der Waals surface area contributed by atoms with Crippen molar-refractivity contribution in [3.63, 3.8) is 0 Å². The van der Waals surface area contributed by atoms with E-state index in [1.807, 2.05) is 0 Å². The van der Waals surface area contributed by atoms with Crippen LogP contribution in [0.2, 0.25) is 0 Å². The molecule has 1 aliphatic rings. The van der Waals surface area contributed by atoms with Crippen LogP contribution in [0.5, 0.6) is 0 Å². The molecule has 1 N–H and O–H groups in total. The zero-order valence-electron chi connectivity index (χ0n) is 13.6. The minimum atomic E-state index is -5.95. The van der Waals surface area contributed by atoms with Crippen LogP contribution in [0.25, 0.3) is 10.9 Å². The van der Waals surface area contributed by atoms with Gasteiger partial charge in [0.15, 0.2) is 0 Å². The van der Waals surface area contributed by atoms with Gasteiger partial charge in [0, 0.05) is 23.6 Å². The Hall–Kier alpha value is -2.03. The van der Waals surface area contributed by atoms with E-state index in [2.05, 4.69) is 0 Å². The molecule has 0 radical (unpaired) electrons. The molecule has 0 unspecified atom stereocenters. The molecule has 2 aromatic rings. The van der Waals surface area contributed by atoms with Crippen LogP contribution in [0.1, 0.15) is 29.5 Å². The molecule has 0 atom stereocenters. The summed E-state index contributed by atoms with van der Waals surface area (Å²) < 4.78 is 80.8. The van der Waals surface area contributed by atoms with Gasteiger partial charge in [0.05, 0.1) is 5.52 Å².